The van der Waals surface area contributed by atoms with Gasteiger partial charge in [0.25, 0.3) is 0 Å². The van der Waals surface area contributed by atoms with Gasteiger partial charge in [0.05, 0.1) is 31.9 Å². The molecular weight excluding hydrogens is 335 g/mol. The monoisotopic (exact) mass is 361 g/mol. The van der Waals surface area contributed by atoms with Crippen molar-refractivity contribution in [3.63, 3.8) is 0 Å². The van der Waals surface area contributed by atoms with E-state index in [1.165, 1.54) is 21.4 Å². The van der Waals surface area contributed by atoms with Crippen molar-refractivity contribution in [3.05, 3.63) is 59.9 Å². The Kier molecular flexibility index (Phi) is 6.34. The van der Waals surface area contributed by atoms with Crippen molar-refractivity contribution in [1.29, 1.82) is 0 Å². The number of benzene rings is 2. The molecule has 1 heterocycles. The second-order valence-electron chi connectivity index (χ2n) is 6.67. The predicted molar refractivity (Wildman–Crippen MR) is 102 cm³/mol. The summed E-state index contributed by atoms with van der Waals surface area (Å²) in [5.41, 5.74) is 1.94. The number of rotatable bonds is 6. The van der Waals surface area contributed by atoms with E-state index in [2.05, 4.69) is 36.1 Å². The quantitative estimate of drug-likeness (QED) is 0.771. The zero-order valence-electron chi connectivity index (χ0n) is 14.6. The molecule has 0 aliphatic carbocycles. The van der Waals surface area contributed by atoms with Crippen LogP contribution in [0, 0.1) is 12.7 Å². The van der Waals surface area contributed by atoms with Crippen LogP contribution in [0.3, 0.4) is 0 Å². The molecule has 1 saturated heterocycles. The van der Waals surface area contributed by atoms with Gasteiger partial charge in [-0.2, -0.15) is 0 Å². The molecule has 0 amide bonds. The van der Waals surface area contributed by atoms with Crippen molar-refractivity contribution in [2.24, 2.45) is 0 Å². The topological polar surface area (TPSA) is 27.9 Å². The molecule has 0 saturated carbocycles. The molecule has 0 spiro atoms. The molecule has 0 radical (unpaired) electrons. The zero-order valence-corrected chi connectivity index (χ0v) is 15.4. The van der Waals surface area contributed by atoms with Crippen LogP contribution in [0.5, 0.6) is 0 Å². The average Bonchev–Trinajstić information content (AvgIpc) is 2.62. The standard InChI is InChI=1S/C20H25FN2OS/c1-16-6-8-18(9-7-16)25-15-17(24)14-22-10-12-23(13-11-22)20-5-3-2-4-19(20)21/h2-9,17,24H,10-15H2,1H3/p+1/t17-/m1/s1. The number of aliphatic hydroxyl groups is 1. The molecule has 0 bridgehead atoms. The third-order valence-corrected chi connectivity index (χ3v) is 5.81. The number of halogens is 1. The SMILES string of the molecule is Cc1ccc(SC[C@H](O)C[NH+]2CCN(c3ccccc3F)CC2)cc1. The summed E-state index contributed by atoms with van der Waals surface area (Å²) in [6, 6.07) is 15.4. The Balaban J connectivity index is 1.42. The van der Waals surface area contributed by atoms with Crippen LogP contribution in [-0.4, -0.2) is 49.7 Å². The van der Waals surface area contributed by atoms with Crippen LogP contribution >= 0.6 is 11.8 Å². The van der Waals surface area contributed by atoms with E-state index >= 15 is 0 Å². The van der Waals surface area contributed by atoms with E-state index in [-0.39, 0.29) is 11.9 Å². The lowest BCUT2D eigenvalue weighted by molar-refractivity contribution is -0.903. The molecule has 1 aliphatic rings. The second-order valence-corrected chi connectivity index (χ2v) is 7.76. The molecule has 5 heteroatoms. The fourth-order valence-electron chi connectivity index (χ4n) is 3.20. The number of para-hydroxylation sites is 1. The highest BCUT2D eigenvalue weighted by atomic mass is 32.2. The third-order valence-electron chi connectivity index (χ3n) is 4.65. The first kappa shape index (κ1) is 18.2. The third kappa shape index (κ3) is 5.21. The minimum Gasteiger partial charge on any atom is -0.386 e. The van der Waals surface area contributed by atoms with E-state index in [0.29, 0.717) is 11.4 Å². The van der Waals surface area contributed by atoms with Crippen LogP contribution in [0.2, 0.25) is 0 Å². The maximum atomic E-state index is 13.9. The van der Waals surface area contributed by atoms with E-state index in [0.717, 1.165) is 32.7 Å². The van der Waals surface area contributed by atoms with E-state index < -0.39 is 0 Å². The lowest BCUT2D eigenvalue weighted by Gasteiger charge is -2.34. The van der Waals surface area contributed by atoms with Gasteiger partial charge < -0.3 is 14.9 Å². The highest BCUT2D eigenvalue weighted by Crippen LogP contribution is 2.19. The highest BCUT2D eigenvalue weighted by Gasteiger charge is 2.23. The largest absolute Gasteiger partial charge is 0.386 e. The number of nitrogens with one attached hydrogen (secondary N) is 1. The first-order valence-corrected chi connectivity index (χ1v) is 9.81. The predicted octanol–water partition coefficient (Wildman–Crippen LogP) is 1.99. The van der Waals surface area contributed by atoms with Crippen molar-refractivity contribution in [2.75, 3.05) is 43.4 Å². The molecule has 2 aromatic carbocycles. The normalized spacial score (nSPS) is 16.8. The van der Waals surface area contributed by atoms with Crippen molar-refractivity contribution >= 4 is 17.4 Å². The molecule has 1 atom stereocenters. The molecule has 2 N–H and O–H groups in total. The number of hydrogen-bond acceptors (Lipinski definition) is 3. The Hall–Kier alpha value is -1.56. The number of quaternary nitrogens is 1. The molecular formula is C20H26FN2OS+. The number of nitrogens with zero attached hydrogens (tertiary/aromatic N) is 1. The molecule has 3 nitrogen and oxygen atoms in total. The number of aryl methyl sites for hydroxylation is 1. The minimum absolute atomic E-state index is 0.152. The Morgan fingerprint density at radius 1 is 1.12 bits per heavy atom. The van der Waals surface area contributed by atoms with Crippen LogP contribution in [0.1, 0.15) is 5.56 Å². The number of anilines is 1. The van der Waals surface area contributed by atoms with Crippen LogP contribution in [0.15, 0.2) is 53.4 Å². The van der Waals surface area contributed by atoms with E-state index in [9.17, 15) is 9.50 Å². The van der Waals surface area contributed by atoms with Gasteiger partial charge in [-0.15, -0.1) is 11.8 Å². The van der Waals surface area contributed by atoms with Gasteiger partial charge in [-0.25, -0.2) is 4.39 Å². The molecule has 3 rings (SSSR count). The van der Waals surface area contributed by atoms with Crippen molar-refractivity contribution in [3.8, 4) is 0 Å². The van der Waals surface area contributed by atoms with Crippen LogP contribution in [0.25, 0.3) is 0 Å². The fraction of sp³-hybridized carbons (Fsp3) is 0.400. The molecule has 0 aromatic heterocycles. The van der Waals surface area contributed by atoms with Gasteiger partial charge in [0.15, 0.2) is 0 Å². The number of hydrogen-bond donors (Lipinski definition) is 2. The van der Waals surface area contributed by atoms with Crippen LogP contribution < -0.4 is 9.80 Å². The van der Waals surface area contributed by atoms with Crippen molar-refractivity contribution in [2.45, 2.75) is 17.9 Å². The summed E-state index contributed by atoms with van der Waals surface area (Å²) in [5, 5.41) is 10.3. The number of piperazine rings is 1. The van der Waals surface area contributed by atoms with Gasteiger partial charge in [0.2, 0.25) is 0 Å². The second kappa shape index (κ2) is 8.70. The van der Waals surface area contributed by atoms with Crippen molar-refractivity contribution < 1.29 is 14.4 Å². The Morgan fingerprint density at radius 3 is 2.48 bits per heavy atom. The summed E-state index contributed by atoms with van der Waals surface area (Å²) in [6.45, 7) is 6.35. The molecule has 2 aromatic rings. The smallest absolute Gasteiger partial charge is 0.146 e. The maximum absolute atomic E-state index is 13.9. The molecule has 0 unspecified atom stereocenters. The van der Waals surface area contributed by atoms with E-state index in [1.807, 2.05) is 12.1 Å². The van der Waals surface area contributed by atoms with Crippen LogP contribution in [-0.2, 0) is 0 Å². The van der Waals surface area contributed by atoms with Gasteiger partial charge >= 0.3 is 0 Å². The van der Waals surface area contributed by atoms with Gasteiger partial charge in [-0.3, -0.25) is 0 Å². The summed E-state index contributed by atoms with van der Waals surface area (Å²) in [4.78, 5) is 4.69. The first-order chi connectivity index (χ1) is 12.1. The van der Waals surface area contributed by atoms with E-state index in [1.54, 1.807) is 17.8 Å². The number of aliphatic hydroxyl groups excluding tert-OH is 1. The molecule has 1 aliphatic heterocycles. The van der Waals surface area contributed by atoms with Crippen LogP contribution in [0.4, 0.5) is 10.1 Å². The summed E-state index contributed by atoms with van der Waals surface area (Å²) < 4.78 is 13.9. The molecule has 25 heavy (non-hydrogen) atoms. The summed E-state index contributed by atoms with van der Waals surface area (Å²) in [5.74, 6) is 0.560. The number of thioether (sulfide) groups is 1. The lowest BCUT2D eigenvalue weighted by atomic mass is 10.2. The zero-order chi connectivity index (χ0) is 17.6. The Bertz CT molecular complexity index is 672. The lowest BCUT2D eigenvalue weighted by Crippen LogP contribution is -3.16. The van der Waals surface area contributed by atoms with Crippen molar-refractivity contribution in [1.82, 2.24) is 0 Å². The summed E-state index contributed by atoms with van der Waals surface area (Å²) >= 11 is 1.70. The van der Waals surface area contributed by atoms with Gasteiger partial charge in [-0.05, 0) is 31.2 Å². The van der Waals surface area contributed by atoms with Gasteiger partial charge in [0, 0.05) is 10.6 Å². The first-order valence-electron chi connectivity index (χ1n) is 8.82. The Labute approximate surface area is 153 Å². The molecule has 134 valence electrons. The highest BCUT2D eigenvalue weighted by molar-refractivity contribution is 7.99. The van der Waals surface area contributed by atoms with Gasteiger partial charge in [-0.1, -0.05) is 29.8 Å². The summed E-state index contributed by atoms with van der Waals surface area (Å²) in [7, 11) is 0. The fourth-order valence-corrected chi connectivity index (χ4v) is 4.03. The van der Waals surface area contributed by atoms with Gasteiger partial charge in [0.1, 0.15) is 18.5 Å². The van der Waals surface area contributed by atoms with E-state index in [4.69, 9.17) is 0 Å². The average molecular weight is 362 g/mol. The maximum Gasteiger partial charge on any atom is 0.146 e. The minimum atomic E-state index is -0.318. The molecule has 1 fully saturated rings. The Morgan fingerprint density at radius 2 is 1.80 bits per heavy atom. The summed E-state index contributed by atoms with van der Waals surface area (Å²) in [6.07, 6.45) is -0.318.